The molecule has 8 heteroatoms. The van der Waals surface area contributed by atoms with Crippen molar-refractivity contribution in [1.82, 2.24) is 16.0 Å². The molecule has 1 amide bonds. The zero-order valence-electron chi connectivity index (χ0n) is 17.5. The van der Waals surface area contributed by atoms with Gasteiger partial charge >= 0.3 is 0 Å². The van der Waals surface area contributed by atoms with E-state index < -0.39 is 0 Å². The highest BCUT2D eigenvalue weighted by molar-refractivity contribution is 5.94. The van der Waals surface area contributed by atoms with Crippen molar-refractivity contribution in [1.29, 1.82) is 0 Å². The maximum absolute atomic E-state index is 12.2. The van der Waals surface area contributed by atoms with E-state index in [1.165, 1.54) is 0 Å². The fourth-order valence-corrected chi connectivity index (χ4v) is 2.89. The molecule has 29 heavy (non-hydrogen) atoms. The van der Waals surface area contributed by atoms with Crippen molar-refractivity contribution < 1.29 is 19.0 Å². The molecule has 0 spiro atoms. The number of carbonyl (C=O) groups is 1. The summed E-state index contributed by atoms with van der Waals surface area (Å²) >= 11 is 0. The standard InChI is InChI=1S/C21H34N4O4/c1-3-22-21(24-9-5-12-28-15-17-8-13-29-16-17)25-11-10-23-20(26)18-6-4-7-19(14-18)27-2/h4,6-7,14,17H,3,5,8-13,15-16H2,1-2H3,(H,23,26)(H2,22,24,25). The van der Waals surface area contributed by atoms with Crippen molar-refractivity contribution in [3.63, 3.8) is 0 Å². The molecular weight excluding hydrogens is 372 g/mol. The number of nitrogens with zero attached hydrogens (tertiary/aromatic N) is 1. The number of guanidine groups is 1. The van der Waals surface area contributed by atoms with Gasteiger partial charge in [-0.15, -0.1) is 0 Å². The number of ether oxygens (including phenoxy) is 3. The number of hydrogen-bond acceptors (Lipinski definition) is 5. The van der Waals surface area contributed by atoms with E-state index in [1.54, 1.807) is 25.3 Å². The van der Waals surface area contributed by atoms with Crippen molar-refractivity contribution in [2.75, 3.05) is 59.7 Å². The summed E-state index contributed by atoms with van der Waals surface area (Å²) < 4.78 is 16.2. The van der Waals surface area contributed by atoms with Crippen LogP contribution in [0.1, 0.15) is 30.1 Å². The number of hydrogen-bond donors (Lipinski definition) is 3. The molecule has 162 valence electrons. The van der Waals surface area contributed by atoms with Gasteiger partial charge in [0, 0.05) is 50.9 Å². The van der Waals surface area contributed by atoms with E-state index in [0.717, 1.165) is 45.2 Å². The Morgan fingerprint density at radius 2 is 2.14 bits per heavy atom. The fourth-order valence-electron chi connectivity index (χ4n) is 2.89. The maximum atomic E-state index is 12.2. The number of benzene rings is 1. The maximum Gasteiger partial charge on any atom is 0.251 e. The van der Waals surface area contributed by atoms with Crippen molar-refractivity contribution in [2.45, 2.75) is 19.8 Å². The molecule has 0 saturated carbocycles. The Morgan fingerprint density at radius 3 is 2.90 bits per heavy atom. The van der Waals surface area contributed by atoms with Crippen LogP contribution in [0.4, 0.5) is 0 Å². The predicted molar refractivity (Wildman–Crippen MR) is 114 cm³/mol. The zero-order chi connectivity index (χ0) is 20.7. The summed E-state index contributed by atoms with van der Waals surface area (Å²) in [7, 11) is 1.58. The van der Waals surface area contributed by atoms with Gasteiger partial charge in [0.25, 0.3) is 5.91 Å². The molecule has 1 unspecified atom stereocenters. The van der Waals surface area contributed by atoms with Crippen molar-refractivity contribution in [3.8, 4) is 5.75 Å². The molecule has 2 rings (SSSR count). The molecule has 0 aromatic heterocycles. The lowest BCUT2D eigenvalue weighted by Crippen LogP contribution is -2.41. The average Bonchev–Trinajstić information content (AvgIpc) is 3.26. The minimum atomic E-state index is -0.127. The van der Waals surface area contributed by atoms with Crippen LogP contribution < -0.4 is 20.7 Å². The Morgan fingerprint density at radius 1 is 1.28 bits per heavy atom. The topological polar surface area (TPSA) is 93.2 Å². The van der Waals surface area contributed by atoms with Crippen molar-refractivity contribution in [2.24, 2.45) is 10.9 Å². The Balaban J connectivity index is 1.60. The Hall–Kier alpha value is -2.32. The number of nitrogens with one attached hydrogen (secondary N) is 3. The molecule has 1 aliphatic rings. The summed E-state index contributed by atoms with van der Waals surface area (Å²) in [5, 5.41) is 9.32. The van der Waals surface area contributed by atoms with Gasteiger partial charge in [-0.3, -0.25) is 9.79 Å². The first-order valence-electron chi connectivity index (χ1n) is 10.3. The number of methoxy groups -OCH3 is 1. The lowest BCUT2D eigenvalue weighted by atomic mass is 10.1. The number of rotatable bonds is 12. The van der Waals surface area contributed by atoms with Crippen LogP contribution in [0.2, 0.25) is 0 Å². The Kier molecular flexibility index (Phi) is 10.9. The summed E-state index contributed by atoms with van der Waals surface area (Å²) in [4.78, 5) is 16.7. The van der Waals surface area contributed by atoms with Crippen LogP contribution in [0.5, 0.6) is 5.75 Å². The lowest BCUT2D eigenvalue weighted by Gasteiger charge is -2.12. The Bertz CT molecular complexity index is 633. The first-order valence-corrected chi connectivity index (χ1v) is 10.3. The summed E-state index contributed by atoms with van der Waals surface area (Å²) in [5.74, 6) is 1.83. The summed E-state index contributed by atoms with van der Waals surface area (Å²) in [6.07, 6.45) is 1.97. The van der Waals surface area contributed by atoms with Crippen LogP contribution in [0.3, 0.4) is 0 Å². The van der Waals surface area contributed by atoms with Crippen LogP contribution in [0.25, 0.3) is 0 Å². The highest BCUT2D eigenvalue weighted by Crippen LogP contribution is 2.12. The van der Waals surface area contributed by atoms with Crippen molar-refractivity contribution in [3.05, 3.63) is 29.8 Å². The molecule has 0 radical (unpaired) electrons. The molecule has 1 aromatic rings. The van der Waals surface area contributed by atoms with Crippen LogP contribution in [-0.4, -0.2) is 71.6 Å². The molecule has 1 heterocycles. The number of amides is 1. The van der Waals surface area contributed by atoms with Crippen LogP contribution in [0.15, 0.2) is 29.3 Å². The molecule has 1 aromatic carbocycles. The van der Waals surface area contributed by atoms with Crippen LogP contribution >= 0.6 is 0 Å². The third-order valence-corrected chi connectivity index (χ3v) is 4.47. The summed E-state index contributed by atoms with van der Waals surface area (Å²) in [6, 6.07) is 7.09. The van der Waals surface area contributed by atoms with E-state index >= 15 is 0 Å². The summed E-state index contributed by atoms with van der Waals surface area (Å²) in [5.41, 5.74) is 0.578. The van der Waals surface area contributed by atoms with Crippen LogP contribution in [-0.2, 0) is 9.47 Å². The third-order valence-electron chi connectivity index (χ3n) is 4.47. The molecular formula is C21H34N4O4. The monoisotopic (exact) mass is 406 g/mol. The van der Waals surface area contributed by atoms with Gasteiger partial charge < -0.3 is 30.2 Å². The van der Waals surface area contributed by atoms with Gasteiger partial charge in [-0.05, 0) is 38.0 Å². The molecule has 1 saturated heterocycles. The van der Waals surface area contributed by atoms with E-state index in [2.05, 4.69) is 20.9 Å². The largest absolute Gasteiger partial charge is 0.497 e. The zero-order valence-corrected chi connectivity index (χ0v) is 17.5. The van der Waals surface area contributed by atoms with Gasteiger partial charge in [0.05, 0.1) is 20.3 Å². The minimum Gasteiger partial charge on any atom is -0.497 e. The van der Waals surface area contributed by atoms with Gasteiger partial charge in [-0.2, -0.15) is 0 Å². The number of carbonyl (C=O) groups excluding carboxylic acids is 1. The average molecular weight is 407 g/mol. The van der Waals surface area contributed by atoms with Gasteiger partial charge in [0.15, 0.2) is 5.96 Å². The second kappa shape index (κ2) is 13.8. The second-order valence-corrected chi connectivity index (χ2v) is 6.83. The number of aliphatic imine (C=N–C) groups is 1. The van der Waals surface area contributed by atoms with E-state index in [-0.39, 0.29) is 5.91 Å². The summed E-state index contributed by atoms with van der Waals surface area (Å²) in [6.45, 7) is 7.72. The SMILES string of the molecule is CCNC(=NCCCOCC1CCOC1)NCCNC(=O)c1cccc(OC)c1. The predicted octanol–water partition coefficient (Wildman–Crippen LogP) is 1.42. The van der Waals surface area contributed by atoms with E-state index in [9.17, 15) is 4.79 Å². The molecule has 8 nitrogen and oxygen atoms in total. The smallest absolute Gasteiger partial charge is 0.251 e. The molecule has 3 N–H and O–H groups in total. The third kappa shape index (κ3) is 9.15. The second-order valence-electron chi connectivity index (χ2n) is 6.83. The van der Waals surface area contributed by atoms with Gasteiger partial charge in [0.1, 0.15) is 5.75 Å². The molecule has 1 atom stereocenters. The lowest BCUT2D eigenvalue weighted by molar-refractivity contribution is 0.0893. The highest BCUT2D eigenvalue weighted by Gasteiger charge is 2.15. The molecule has 1 aliphatic heterocycles. The molecule has 0 aliphatic carbocycles. The van der Waals surface area contributed by atoms with E-state index in [4.69, 9.17) is 14.2 Å². The molecule has 1 fully saturated rings. The quantitative estimate of drug-likeness (QED) is 0.276. The van der Waals surface area contributed by atoms with Gasteiger partial charge in [-0.1, -0.05) is 6.07 Å². The normalized spacial score (nSPS) is 16.5. The highest BCUT2D eigenvalue weighted by atomic mass is 16.5. The van der Waals surface area contributed by atoms with Gasteiger partial charge in [-0.25, -0.2) is 0 Å². The molecule has 0 bridgehead atoms. The Labute approximate surface area is 173 Å². The first-order chi connectivity index (χ1) is 14.2. The van der Waals surface area contributed by atoms with Crippen molar-refractivity contribution >= 4 is 11.9 Å². The fraction of sp³-hybridized carbons (Fsp3) is 0.619. The van der Waals surface area contributed by atoms with E-state index in [0.29, 0.717) is 43.5 Å². The van der Waals surface area contributed by atoms with Crippen LogP contribution in [0, 0.1) is 5.92 Å². The van der Waals surface area contributed by atoms with Gasteiger partial charge in [0.2, 0.25) is 0 Å². The minimum absolute atomic E-state index is 0.127. The van der Waals surface area contributed by atoms with E-state index in [1.807, 2.05) is 13.0 Å². The first kappa shape index (κ1) is 23.0.